The lowest BCUT2D eigenvalue weighted by Crippen LogP contribution is -2.42. The minimum atomic E-state index is -4.38. The van der Waals surface area contributed by atoms with Crippen LogP contribution in [-0.2, 0) is 17.5 Å². The lowest BCUT2D eigenvalue weighted by molar-refractivity contribution is -0.138. The first kappa shape index (κ1) is 22.0. The molecule has 0 spiro atoms. The second-order valence-corrected chi connectivity index (χ2v) is 8.87. The highest BCUT2D eigenvalue weighted by Gasteiger charge is 2.43. The van der Waals surface area contributed by atoms with Gasteiger partial charge in [-0.05, 0) is 42.2 Å². The van der Waals surface area contributed by atoms with Crippen LogP contribution in [0.4, 0.5) is 18.9 Å². The summed E-state index contributed by atoms with van der Waals surface area (Å²) in [4.78, 5) is 0. The average molecular weight is 453 g/mol. The van der Waals surface area contributed by atoms with Gasteiger partial charge in [-0.15, -0.1) is 0 Å². The van der Waals surface area contributed by atoms with E-state index < -0.39 is 11.7 Å². The molecule has 33 heavy (non-hydrogen) atoms. The van der Waals surface area contributed by atoms with Gasteiger partial charge in [0.2, 0.25) is 0 Å². The maximum atomic E-state index is 13.5. The highest BCUT2D eigenvalue weighted by atomic mass is 19.4. The van der Waals surface area contributed by atoms with Crippen molar-refractivity contribution in [3.05, 3.63) is 101 Å². The summed E-state index contributed by atoms with van der Waals surface area (Å²) in [5.41, 5.74) is 3.01. The molecular weight excluding hydrogens is 425 g/mol. The molecule has 0 aliphatic carbocycles. The normalized spacial score (nSPS) is 24.5. The van der Waals surface area contributed by atoms with Crippen LogP contribution in [0.25, 0.3) is 0 Å². The predicted octanol–water partition coefficient (Wildman–Crippen LogP) is 6.50. The van der Waals surface area contributed by atoms with Gasteiger partial charge in [-0.1, -0.05) is 60.7 Å². The number of halogens is 3. The predicted molar refractivity (Wildman–Crippen MR) is 123 cm³/mol. The van der Waals surface area contributed by atoms with Crippen LogP contribution in [0.2, 0.25) is 0 Å². The summed E-state index contributed by atoms with van der Waals surface area (Å²) in [6.07, 6.45) is -3.07. The molecule has 1 fully saturated rings. The second kappa shape index (κ2) is 9.20. The van der Waals surface area contributed by atoms with E-state index in [4.69, 9.17) is 4.74 Å². The highest BCUT2D eigenvalue weighted by Crippen LogP contribution is 2.51. The third kappa shape index (κ3) is 4.77. The molecule has 172 valence electrons. The molecule has 4 atom stereocenters. The van der Waals surface area contributed by atoms with Crippen molar-refractivity contribution in [1.29, 1.82) is 0 Å². The molecule has 3 aromatic rings. The molecule has 2 heterocycles. The Labute approximate surface area is 192 Å². The van der Waals surface area contributed by atoms with Crippen LogP contribution in [0.15, 0.2) is 78.9 Å². The molecule has 5 rings (SSSR count). The van der Waals surface area contributed by atoms with Gasteiger partial charge in [0.15, 0.2) is 0 Å². The highest BCUT2D eigenvalue weighted by molar-refractivity contribution is 5.58. The van der Waals surface area contributed by atoms with E-state index in [1.165, 1.54) is 11.6 Å². The molecular formula is C27H27F3N2O. The summed E-state index contributed by atoms with van der Waals surface area (Å²) in [5.74, 6) is 0.0637. The van der Waals surface area contributed by atoms with Gasteiger partial charge in [0.05, 0.1) is 23.8 Å². The van der Waals surface area contributed by atoms with Crippen molar-refractivity contribution in [3.8, 4) is 0 Å². The van der Waals surface area contributed by atoms with Crippen molar-refractivity contribution in [2.75, 3.05) is 11.9 Å². The van der Waals surface area contributed by atoms with Gasteiger partial charge in [-0.25, -0.2) is 0 Å². The monoisotopic (exact) mass is 452 g/mol. The second-order valence-electron chi connectivity index (χ2n) is 8.87. The zero-order chi connectivity index (χ0) is 22.8. The molecule has 0 saturated carbocycles. The van der Waals surface area contributed by atoms with Crippen molar-refractivity contribution >= 4 is 5.69 Å². The first-order valence-corrected chi connectivity index (χ1v) is 11.4. The Bertz CT molecular complexity index is 1070. The molecule has 0 amide bonds. The zero-order valence-corrected chi connectivity index (χ0v) is 18.2. The van der Waals surface area contributed by atoms with Gasteiger partial charge in [0.1, 0.15) is 0 Å². The zero-order valence-electron chi connectivity index (χ0n) is 18.2. The van der Waals surface area contributed by atoms with Crippen LogP contribution in [0.3, 0.4) is 0 Å². The van der Waals surface area contributed by atoms with Crippen LogP contribution in [0, 0.1) is 5.92 Å². The maximum absolute atomic E-state index is 13.5. The van der Waals surface area contributed by atoms with Crippen molar-refractivity contribution < 1.29 is 17.9 Å². The first-order valence-electron chi connectivity index (χ1n) is 11.4. The van der Waals surface area contributed by atoms with E-state index in [1.807, 2.05) is 36.4 Å². The molecule has 0 radical (unpaired) electrons. The fraction of sp³-hybridized carbons (Fsp3) is 0.333. The third-order valence-electron chi connectivity index (χ3n) is 6.68. The molecule has 2 aliphatic heterocycles. The SMILES string of the molecule is FC(F)(F)c1ccc2c(c1)[C@H]1O[C@@H](CNCc3ccccc3)CC[C@H]1[C@H](c1ccccc1)N2. The summed E-state index contributed by atoms with van der Waals surface area (Å²) in [7, 11) is 0. The fourth-order valence-electron chi connectivity index (χ4n) is 5.05. The molecule has 0 unspecified atom stereocenters. The largest absolute Gasteiger partial charge is 0.416 e. The van der Waals surface area contributed by atoms with Crippen LogP contribution >= 0.6 is 0 Å². The molecule has 2 N–H and O–H groups in total. The Kier molecular flexibility index (Phi) is 6.13. The van der Waals surface area contributed by atoms with E-state index >= 15 is 0 Å². The smallest absolute Gasteiger partial charge is 0.378 e. The number of fused-ring (bicyclic) bond motifs is 3. The molecule has 0 aromatic heterocycles. The van der Waals surface area contributed by atoms with Crippen LogP contribution in [0.5, 0.6) is 0 Å². The number of ether oxygens (including phenoxy) is 1. The van der Waals surface area contributed by atoms with E-state index in [0.29, 0.717) is 12.1 Å². The number of alkyl halides is 3. The van der Waals surface area contributed by atoms with E-state index in [2.05, 4.69) is 34.9 Å². The van der Waals surface area contributed by atoms with Gasteiger partial charge in [0.25, 0.3) is 0 Å². The summed E-state index contributed by atoms with van der Waals surface area (Å²) in [5, 5.41) is 6.96. The molecule has 3 aromatic carbocycles. The van der Waals surface area contributed by atoms with Crippen LogP contribution in [-0.4, -0.2) is 12.6 Å². The minimum absolute atomic E-state index is 0.00124. The molecule has 2 aliphatic rings. The standard InChI is InChI=1S/C27H27F3N2O/c28-27(29,30)20-11-14-24-23(15-20)26-22(25(32-24)19-9-5-2-6-10-19)13-12-21(33-26)17-31-16-18-7-3-1-4-8-18/h1-11,14-15,21-22,25-26,31-32H,12-13,16-17H2/t21-,22+,25+,26+/m1/s1. The lowest BCUT2D eigenvalue weighted by atomic mass is 9.76. The quantitative estimate of drug-likeness (QED) is 0.464. The van der Waals surface area contributed by atoms with Crippen LogP contribution < -0.4 is 10.6 Å². The Morgan fingerprint density at radius 2 is 1.64 bits per heavy atom. The van der Waals surface area contributed by atoms with Gasteiger partial charge in [0, 0.05) is 30.3 Å². The number of hydrogen-bond donors (Lipinski definition) is 2. The van der Waals surface area contributed by atoms with Crippen molar-refractivity contribution in [1.82, 2.24) is 5.32 Å². The Hall–Kier alpha value is -2.83. The van der Waals surface area contributed by atoms with Gasteiger partial charge >= 0.3 is 6.18 Å². The lowest BCUT2D eigenvalue weighted by Gasteiger charge is -2.46. The number of hydrogen-bond acceptors (Lipinski definition) is 3. The van der Waals surface area contributed by atoms with E-state index in [0.717, 1.165) is 36.7 Å². The first-order chi connectivity index (χ1) is 16.0. The number of nitrogens with one attached hydrogen (secondary N) is 2. The minimum Gasteiger partial charge on any atom is -0.378 e. The molecule has 6 heteroatoms. The van der Waals surface area contributed by atoms with Crippen LogP contribution in [0.1, 0.15) is 47.2 Å². The van der Waals surface area contributed by atoms with Gasteiger partial charge in [-0.3, -0.25) is 0 Å². The summed E-state index contributed by atoms with van der Waals surface area (Å²) < 4.78 is 46.9. The number of anilines is 1. The summed E-state index contributed by atoms with van der Waals surface area (Å²) in [6.45, 7) is 1.40. The maximum Gasteiger partial charge on any atom is 0.416 e. The van der Waals surface area contributed by atoms with Crippen molar-refractivity contribution in [3.63, 3.8) is 0 Å². The van der Waals surface area contributed by atoms with E-state index in [-0.39, 0.29) is 24.2 Å². The molecule has 3 nitrogen and oxygen atoms in total. The summed E-state index contributed by atoms with van der Waals surface area (Å²) >= 11 is 0. The summed E-state index contributed by atoms with van der Waals surface area (Å²) in [6, 6.07) is 24.2. The Morgan fingerprint density at radius 3 is 2.36 bits per heavy atom. The number of rotatable bonds is 5. The van der Waals surface area contributed by atoms with Crippen molar-refractivity contribution in [2.45, 2.75) is 43.8 Å². The Balaban J connectivity index is 1.39. The average Bonchev–Trinajstić information content (AvgIpc) is 2.84. The van der Waals surface area contributed by atoms with Gasteiger partial charge < -0.3 is 15.4 Å². The fourth-order valence-corrected chi connectivity index (χ4v) is 5.05. The molecule has 0 bridgehead atoms. The van der Waals surface area contributed by atoms with Crippen molar-refractivity contribution in [2.24, 2.45) is 5.92 Å². The van der Waals surface area contributed by atoms with Gasteiger partial charge in [-0.2, -0.15) is 13.2 Å². The molecule has 1 saturated heterocycles. The Morgan fingerprint density at radius 1 is 0.909 bits per heavy atom. The van der Waals surface area contributed by atoms with E-state index in [9.17, 15) is 13.2 Å². The topological polar surface area (TPSA) is 33.3 Å². The third-order valence-corrected chi connectivity index (χ3v) is 6.68. The van der Waals surface area contributed by atoms with E-state index in [1.54, 1.807) is 6.07 Å². The number of benzene rings is 3.